The maximum absolute atomic E-state index is 13.0. The Morgan fingerprint density at radius 1 is 1.03 bits per heavy atom. The van der Waals surface area contributed by atoms with E-state index in [2.05, 4.69) is 15.5 Å². The summed E-state index contributed by atoms with van der Waals surface area (Å²) in [6, 6.07) is 10.00. The predicted molar refractivity (Wildman–Crippen MR) is 114 cm³/mol. The zero-order chi connectivity index (χ0) is 23.5. The third-order valence-electron chi connectivity index (χ3n) is 4.47. The van der Waals surface area contributed by atoms with Crippen LogP contribution < -0.4 is 5.32 Å². The van der Waals surface area contributed by atoms with E-state index in [-0.39, 0.29) is 28.1 Å². The normalized spacial score (nSPS) is 12.1. The lowest BCUT2D eigenvalue weighted by Gasteiger charge is -2.08. The van der Waals surface area contributed by atoms with Gasteiger partial charge in [-0.2, -0.15) is 0 Å². The third kappa shape index (κ3) is 5.37. The average molecular weight is 482 g/mol. The van der Waals surface area contributed by atoms with E-state index in [4.69, 9.17) is 4.42 Å². The Labute approximate surface area is 184 Å². The summed E-state index contributed by atoms with van der Waals surface area (Å²) in [5.41, 5.74) is 0.346. The van der Waals surface area contributed by atoms with E-state index in [1.54, 1.807) is 19.9 Å². The van der Waals surface area contributed by atoms with Gasteiger partial charge >= 0.3 is 6.01 Å². The first-order valence-electron chi connectivity index (χ1n) is 9.45. The topological polar surface area (TPSA) is 136 Å². The fraction of sp³-hybridized carbons (Fsp3) is 0.250. The summed E-state index contributed by atoms with van der Waals surface area (Å²) in [5.74, 6) is -1.76. The Kier molecular flexibility index (Phi) is 6.74. The van der Waals surface area contributed by atoms with Crippen LogP contribution in [0.25, 0.3) is 11.5 Å². The molecule has 1 N–H and O–H groups in total. The molecule has 0 aliphatic heterocycles. The van der Waals surface area contributed by atoms with Gasteiger partial charge in [-0.3, -0.25) is 10.1 Å². The Bertz CT molecular complexity index is 1330. The molecule has 0 aliphatic carbocycles. The van der Waals surface area contributed by atoms with Gasteiger partial charge < -0.3 is 4.42 Å². The number of carbonyl (C=O) groups is 1. The molecule has 9 nitrogen and oxygen atoms in total. The molecule has 12 heteroatoms. The molecule has 0 unspecified atom stereocenters. The number of rotatable bonds is 8. The lowest BCUT2D eigenvalue weighted by Crippen LogP contribution is -2.17. The van der Waals surface area contributed by atoms with Crippen molar-refractivity contribution in [2.45, 2.75) is 35.3 Å². The van der Waals surface area contributed by atoms with E-state index >= 15 is 0 Å². The average Bonchev–Trinajstić information content (AvgIpc) is 3.21. The van der Waals surface area contributed by atoms with Gasteiger partial charge in [0.1, 0.15) is 5.82 Å². The Morgan fingerprint density at radius 2 is 1.72 bits per heavy atom. The van der Waals surface area contributed by atoms with Gasteiger partial charge in [0, 0.05) is 12.0 Å². The second-order valence-electron chi connectivity index (χ2n) is 7.10. The highest BCUT2D eigenvalue weighted by molar-refractivity contribution is 7.92. The summed E-state index contributed by atoms with van der Waals surface area (Å²) >= 11 is 0. The van der Waals surface area contributed by atoms with Gasteiger partial charge in [0.2, 0.25) is 11.8 Å². The number of carbonyl (C=O) groups excluding carboxylic acids is 1. The van der Waals surface area contributed by atoms with Crippen molar-refractivity contribution in [1.82, 2.24) is 10.2 Å². The molecule has 1 amide bonds. The number of nitrogens with zero attached hydrogens (tertiary/aromatic N) is 2. The number of aromatic nitrogens is 2. The summed E-state index contributed by atoms with van der Waals surface area (Å²) in [6.07, 6.45) is -0.389. The molecule has 1 heterocycles. The van der Waals surface area contributed by atoms with Crippen LogP contribution in [-0.2, 0) is 24.5 Å². The molecule has 3 aromatic rings. The quantitative estimate of drug-likeness (QED) is 0.485. The van der Waals surface area contributed by atoms with E-state index in [0.29, 0.717) is 5.56 Å². The van der Waals surface area contributed by atoms with Crippen LogP contribution >= 0.6 is 0 Å². The number of sulfone groups is 2. The van der Waals surface area contributed by atoms with Crippen LogP contribution in [0.1, 0.15) is 20.3 Å². The van der Waals surface area contributed by atoms with Crippen LogP contribution in [0.15, 0.2) is 62.7 Å². The first kappa shape index (κ1) is 23.5. The van der Waals surface area contributed by atoms with Crippen LogP contribution in [0, 0.1) is 5.82 Å². The number of anilines is 1. The summed E-state index contributed by atoms with van der Waals surface area (Å²) in [7, 11) is -7.28. The van der Waals surface area contributed by atoms with Gasteiger partial charge in [0.15, 0.2) is 19.7 Å². The fourth-order valence-electron chi connectivity index (χ4n) is 2.64. The van der Waals surface area contributed by atoms with Gasteiger partial charge in [-0.05, 0) is 56.3 Å². The van der Waals surface area contributed by atoms with Crippen molar-refractivity contribution in [2.75, 3.05) is 11.1 Å². The first-order valence-corrected chi connectivity index (χ1v) is 12.6. The zero-order valence-corrected chi connectivity index (χ0v) is 18.8. The lowest BCUT2D eigenvalue weighted by atomic mass is 10.2. The van der Waals surface area contributed by atoms with Crippen molar-refractivity contribution in [2.24, 2.45) is 0 Å². The highest BCUT2D eigenvalue weighted by Gasteiger charge is 2.21. The van der Waals surface area contributed by atoms with Gasteiger partial charge in [-0.25, -0.2) is 21.2 Å². The molecule has 0 radical (unpaired) electrons. The van der Waals surface area contributed by atoms with E-state index in [1.807, 2.05) is 0 Å². The molecule has 0 saturated carbocycles. The highest BCUT2D eigenvalue weighted by atomic mass is 32.2. The summed E-state index contributed by atoms with van der Waals surface area (Å²) < 4.78 is 67.5. The number of hydrogen-bond acceptors (Lipinski definition) is 8. The second-order valence-corrected chi connectivity index (χ2v) is 11.7. The van der Waals surface area contributed by atoms with Crippen molar-refractivity contribution in [3.8, 4) is 11.5 Å². The maximum atomic E-state index is 13.0. The fourth-order valence-corrected chi connectivity index (χ4v) is 4.98. The third-order valence-corrected chi connectivity index (χ3v) is 8.36. The molecule has 32 heavy (non-hydrogen) atoms. The van der Waals surface area contributed by atoms with Crippen LogP contribution in [0.3, 0.4) is 0 Å². The minimum absolute atomic E-state index is 0.0139. The van der Waals surface area contributed by atoms with Gasteiger partial charge in [0.05, 0.1) is 20.8 Å². The number of hydrogen-bond donors (Lipinski definition) is 1. The van der Waals surface area contributed by atoms with Crippen LogP contribution in [0.4, 0.5) is 10.4 Å². The Morgan fingerprint density at radius 3 is 2.38 bits per heavy atom. The van der Waals surface area contributed by atoms with E-state index in [1.165, 1.54) is 18.2 Å². The maximum Gasteiger partial charge on any atom is 0.322 e. The smallest absolute Gasteiger partial charge is 0.322 e. The van der Waals surface area contributed by atoms with Crippen LogP contribution in [0.2, 0.25) is 0 Å². The van der Waals surface area contributed by atoms with Crippen LogP contribution in [0.5, 0.6) is 0 Å². The van der Waals surface area contributed by atoms with Crippen molar-refractivity contribution < 1.29 is 30.4 Å². The van der Waals surface area contributed by atoms with E-state index in [0.717, 1.165) is 24.3 Å². The molecule has 0 fully saturated rings. The van der Waals surface area contributed by atoms with Gasteiger partial charge in [-0.15, -0.1) is 5.10 Å². The summed E-state index contributed by atoms with van der Waals surface area (Å²) in [4.78, 5) is 12.1. The van der Waals surface area contributed by atoms with Crippen molar-refractivity contribution >= 4 is 31.6 Å². The zero-order valence-electron chi connectivity index (χ0n) is 17.1. The molecule has 1 aromatic heterocycles. The molecule has 0 bridgehead atoms. The molecule has 170 valence electrons. The molecule has 0 saturated heterocycles. The number of benzene rings is 2. The van der Waals surface area contributed by atoms with Gasteiger partial charge in [-0.1, -0.05) is 11.2 Å². The minimum Gasteiger partial charge on any atom is -0.403 e. The molecule has 3 rings (SSSR count). The molecule has 2 aromatic carbocycles. The molecule has 0 spiro atoms. The Hall–Kier alpha value is -3.12. The van der Waals surface area contributed by atoms with Crippen molar-refractivity contribution in [1.29, 1.82) is 0 Å². The largest absolute Gasteiger partial charge is 0.403 e. The first-order chi connectivity index (χ1) is 15.0. The second kappa shape index (κ2) is 9.17. The molecule has 0 atom stereocenters. The number of halogens is 1. The van der Waals surface area contributed by atoms with Crippen molar-refractivity contribution in [3.63, 3.8) is 0 Å². The number of nitrogens with one attached hydrogen (secondary N) is 1. The highest BCUT2D eigenvalue weighted by Crippen LogP contribution is 2.25. The SMILES string of the molecule is CC(C)S(=O)(=O)c1cccc(-c2nnc(NC(=O)CCS(=O)(=O)c3ccc(F)cc3)o2)c1. The lowest BCUT2D eigenvalue weighted by molar-refractivity contribution is -0.115. The Balaban J connectivity index is 1.67. The number of amides is 1. The van der Waals surface area contributed by atoms with Crippen molar-refractivity contribution in [3.05, 3.63) is 54.3 Å². The standard InChI is InChI=1S/C20H20FN3O6S2/c1-13(2)32(28,29)17-5-3-4-14(12-17)19-23-24-20(30-19)22-18(25)10-11-31(26,27)16-8-6-15(21)7-9-16/h3-9,12-13H,10-11H2,1-2H3,(H,22,24,25). The molecular weight excluding hydrogens is 461 g/mol. The van der Waals surface area contributed by atoms with E-state index in [9.17, 15) is 26.0 Å². The molecular formula is C20H20FN3O6S2. The van der Waals surface area contributed by atoms with E-state index < -0.39 is 42.4 Å². The molecule has 0 aliphatic rings. The predicted octanol–water partition coefficient (Wildman–Crippen LogP) is 2.86. The monoisotopic (exact) mass is 481 g/mol. The minimum atomic E-state index is -3.78. The van der Waals surface area contributed by atoms with Crippen LogP contribution in [-0.4, -0.2) is 43.9 Å². The van der Waals surface area contributed by atoms with Gasteiger partial charge in [0.25, 0.3) is 0 Å². The summed E-state index contributed by atoms with van der Waals surface area (Å²) in [6.45, 7) is 3.14. The summed E-state index contributed by atoms with van der Waals surface area (Å²) in [5, 5.41) is 9.17.